The number of hydrogen-bond donors (Lipinski definition) is 1. The first-order chi connectivity index (χ1) is 12.2. The van der Waals surface area contributed by atoms with E-state index in [1.807, 2.05) is 24.0 Å². The van der Waals surface area contributed by atoms with Crippen LogP contribution in [0.3, 0.4) is 0 Å². The zero-order valence-electron chi connectivity index (χ0n) is 14.7. The quantitative estimate of drug-likeness (QED) is 0.768. The molecule has 3 aromatic heterocycles. The summed E-state index contributed by atoms with van der Waals surface area (Å²) in [6.07, 6.45) is 8.72. The second-order valence-electron chi connectivity index (χ2n) is 6.53. The highest BCUT2D eigenvalue weighted by atomic mass is 15.3. The first-order valence-electron chi connectivity index (χ1n) is 8.82. The van der Waals surface area contributed by atoms with Crippen molar-refractivity contribution in [1.29, 1.82) is 0 Å². The van der Waals surface area contributed by atoms with Crippen LogP contribution in [0.25, 0.3) is 11.3 Å². The van der Waals surface area contributed by atoms with Crippen LogP contribution in [0.2, 0.25) is 0 Å². The number of hydrogen-bond acceptors (Lipinski definition) is 5. The average molecular weight is 337 g/mol. The Hall–Kier alpha value is -2.54. The van der Waals surface area contributed by atoms with Gasteiger partial charge in [-0.15, -0.1) is 10.2 Å². The molecule has 7 heteroatoms. The van der Waals surface area contributed by atoms with Crippen LogP contribution in [0.4, 0.5) is 0 Å². The van der Waals surface area contributed by atoms with Crippen molar-refractivity contribution < 1.29 is 0 Å². The number of aromatic nitrogens is 6. The van der Waals surface area contributed by atoms with Gasteiger partial charge in [0.1, 0.15) is 11.6 Å². The third-order valence-corrected chi connectivity index (χ3v) is 4.76. The molecular formula is C18H23N7. The molecular weight excluding hydrogens is 314 g/mol. The minimum absolute atomic E-state index is 0.427. The van der Waals surface area contributed by atoms with Gasteiger partial charge in [0.2, 0.25) is 0 Å². The molecule has 4 rings (SSSR count). The molecule has 0 saturated carbocycles. The summed E-state index contributed by atoms with van der Waals surface area (Å²) in [6.45, 7) is 3.86. The van der Waals surface area contributed by atoms with Crippen molar-refractivity contribution >= 4 is 0 Å². The van der Waals surface area contributed by atoms with Gasteiger partial charge in [-0.2, -0.15) is 5.10 Å². The molecule has 0 aromatic carbocycles. The zero-order chi connectivity index (χ0) is 17.2. The molecule has 0 unspecified atom stereocenters. The highest BCUT2D eigenvalue weighted by Gasteiger charge is 2.22. The standard InChI is InChI=1S/C18H23N7/c1-3-16-21-22-17-7-6-15(12-25(16)17)20-10-14-11-24(2)23-18(14)13-5-4-8-19-9-13/h4-5,8-9,11,15,20H,3,6-7,10,12H2,1-2H3/t15-/m0/s1. The first-order valence-corrected chi connectivity index (χ1v) is 8.82. The van der Waals surface area contributed by atoms with Crippen molar-refractivity contribution in [2.24, 2.45) is 7.05 Å². The predicted octanol–water partition coefficient (Wildman–Crippen LogP) is 1.74. The smallest absolute Gasteiger partial charge is 0.133 e. The number of nitrogens with one attached hydrogen (secondary N) is 1. The Morgan fingerprint density at radius 2 is 2.24 bits per heavy atom. The Kier molecular flexibility index (Phi) is 4.31. The number of rotatable bonds is 5. The molecule has 0 saturated heterocycles. The Labute approximate surface area is 147 Å². The molecule has 1 aliphatic rings. The van der Waals surface area contributed by atoms with E-state index in [-0.39, 0.29) is 0 Å². The van der Waals surface area contributed by atoms with Gasteiger partial charge in [0, 0.05) is 68.7 Å². The van der Waals surface area contributed by atoms with Crippen molar-refractivity contribution in [3.8, 4) is 11.3 Å². The van der Waals surface area contributed by atoms with E-state index < -0.39 is 0 Å². The fraction of sp³-hybridized carbons (Fsp3) is 0.444. The number of aryl methyl sites for hydroxylation is 3. The van der Waals surface area contributed by atoms with Crippen molar-refractivity contribution in [3.63, 3.8) is 0 Å². The van der Waals surface area contributed by atoms with Gasteiger partial charge >= 0.3 is 0 Å². The maximum absolute atomic E-state index is 4.61. The molecule has 130 valence electrons. The molecule has 25 heavy (non-hydrogen) atoms. The Balaban J connectivity index is 1.48. The average Bonchev–Trinajstić information content (AvgIpc) is 3.23. The Morgan fingerprint density at radius 1 is 1.32 bits per heavy atom. The lowest BCUT2D eigenvalue weighted by molar-refractivity contribution is 0.373. The Morgan fingerprint density at radius 3 is 3.04 bits per heavy atom. The van der Waals surface area contributed by atoms with Crippen LogP contribution in [0, 0.1) is 0 Å². The molecule has 0 fully saturated rings. The second kappa shape index (κ2) is 6.76. The SMILES string of the molecule is CCc1nnc2n1C[C@@H](NCc1cn(C)nc1-c1cccnc1)CC2. The van der Waals surface area contributed by atoms with Gasteiger partial charge in [0.05, 0.1) is 5.69 Å². The van der Waals surface area contributed by atoms with Crippen molar-refractivity contribution in [3.05, 3.63) is 47.9 Å². The van der Waals surface area contributed by atoms with Crippen LogP contribution in [0.5, 0.6) is 0 Å². The second-order valence-corrected chi connectivity index (χ2v) is 6.53. The first kappa shape index (κ1) is 16.0. The van der Waals surface area contributed by atoms with Crippen molar-refractivity contribution in [2.45, 2.75) is 45.3 Å². The summed E-state index contributed by atoms with van der Waals surface area (Å²) in [7, 11) is 1.96. The van der Waals surface area contributed by atoms with E-state index in [1.54, 1.807) is 6.20 Å². The van der Waals surface area contributed by atoms with Gasteiger partial charge in [0.25, 0.3) is 0 Å². The highest BCUT2D eigenvalue weighted by Crippen LogP contribution is 2.22. The topological polar surface area (TPSA) is 73.5 Å². The largest absolute Gasteiger partial charge is 0.313 e. The lowest BCUT2D eigenvalue weighted by atomic mass is 10.1. The van der Waals surface area contributed by atoms with Gasteiger partial charge in [-0.25, -0.2) is 0 Å². The van der Waals surface area contributed by atoms with E-state index in [0.29, 0.717) is 6.04 Å². The molecule has 4 heterocycles. The lowest BCUT2D eigenvalue weighted by Gasteiger charge is -2.25. The molecule has 1 N–H and O–H groups in total. The van der Waals surface area contributed by atoms with Gasteiger partial charge in [-0.1, -0.05) is 6.92 Å². The molecule has 0 radical (unpaired) electrons. The summed E-state index contributed by atoms with van der Waals surface area (Å²) in [5.74, 6) is 2.20. The molecule has 0 bridgehead atoms. The minimum Gasteiger partial charge on any atom is -0.313 e. The van der Waals surface area contributed by atoms with Gasteiger partial charge in [0.15, 0.2) is 0 Å². The van der Waals surface area contributed by atoms with Gasteiger partial charge < -0.3 is 9.88 Å². The maximum atomic E-state index is 4.61. The van der Waals surface area contributed by atoms with Crippen LogP contribution in [0.1, 0.15) is 30.6 Å². The number of nitrogens with zero attached hydrogens (tertiary/aromatic N) is 6. The number of pyridine rings is 1. The summed E-state index contributed by atoms with van der Waals surface area (Å²) in [4.78, 5) is 4.21. The Bertz CT molecular complexity index is 836. The summed E-state index contributed by atoms with van der Waals surface area (Å²) in [5.41, 5.74) is 3.25. The highest BCUT2D eigenvalue weighted by molar-refractivity contribution is 5.61. The predicted molar refractivity (Wildman–Crippen MR) is 94.8 cm³/mol. The monoisotopic (exact) mass is 337 g/mol. The van der Waals surface area contributed by atoms with Crippen LogP contribution in [-0.4, -0.2) is 35.6 Å². The minimum atomic E-state index is 0.427. The van der Waals surface area contributed by atoms with Crippen molar-refractivity contribution in [2.75, 3.05) is 0 Å². The zero-order valence-corrected chi connectivity index (χ0v) is 14.7. The maximum Gasteiger partial charge on any atom is 0.133 e. The van der Waals surface area contributed by atoms with Crippen LogP contribution in [-0.2, 0) is 33.0 Å². The fourth-order valence-corrected chi connectivity index (χ4v) is 3.48. The summed E-state index contributed by atoms with van der Waals surface area (Å²) < 4.78 is 4.14. The van der Waals surface area contributed by atoms with Gasteiger partial charge in [-0.05, 0) is 18.6 Å². The van der Waals surface area contributed by atoms with E-state index in [1.165, 1.54) is 5.56 Å². The summed E-state index contributed by atoms with van der Waals surface area (Å²) in [6, 6.07) is 4.43. The van der Waals surface area contributed by atoms with E-state index in [0.717, 1.165) is 55.3 Å². The van der Waals surface area contributed by atoms with E-state index in [2.05, 4.69) is 49.4 Å². The van der Waals surface area contributed by atoms with E-state index in [4.69, 9.17) is 0 Å². The fourth-order valence-electron chi connectivity index (χ4n) is 3.48. The van der Waals surface area contributed by atoms with Crippen LogP contribution < -0.4 is 5.32 Å². The molecule has 3 aromatic rings. The molecule has 1 aliphatic heterocycles. The third kappa shape index (κ3) is 3.19. The van der Waals surface area contributed by atoms with Crippen molar-refractivity contribution in [1.82, 2.24) is 34.8 Å². The van der Waals surface area contributed by atoms with E-state index in [9.17, 15) is 0 Å². The summed E-state index contributed by atoms with van der Waals surface area (Å²) >= 11 is 0. The molecule has 1 atom stereocenters. The van der Waals surface area contributed by atoms with E-state index >= 15 is 0 Å². The molecule has 0 aliphatic carbocycles. The molecule has 7 nitrogen and oxygen atoms in total. The van der Waals surface area contributed by atoms with Crippen LogP contribution >= 0.6 is 0 Å². The summed E-state index contributed by atoms with van der Waals surface area (Å²) in [5, 5.41) is 16.9. The normalized spacial score (nSPS) is 16.8. The van der Waals surface area contributed by atoms with Crippen LogP contribution in [0.15, 0.2) is 30.7 Å². The molecule has 0 spiro atoms. The molecule has 0 amide bonds. The van der Waals surface area contributed by atoms with Gasteiger partial charge in [-0.3, -0.25) is 9.67 Å². The number of fused-ring (bicyclic) bond motifs is 1. The third-order valence-electron chi connectivity index (χ3n) is 4.76. The lowest BCUT2D eigenvalue weighted by Crippen LogP contribution is -2.37.